The Bertz CT molecular complexity index is 752. The molecule has 0 radical (unpaired) electrons. The Morgan fingerprint density at radius 1 is 1.09 bits per heavy atom. The van der Waals surface area contributed by atoms with Crippen LogP contribution in [0.4, 0.5) is 0 Å². The largest absolute Gasteiger partial charge is 0.478 e. The molecule has 1 aliphatic rings. The van der Waals surface area contributed by atoms with Crippen LogP contribution in [-0.4, -0.2) is 37.3 Å². The Kier molecular flexibility index (Phi) is 10.5. The van der Waals surface area contributed by atoms with Gasteiger partial charge in [0, 0.05) is 10.9 Å². The van der Waals surface area contributed by atoms with Crippen LogP contribution < -0.4 is 0 Å². The van der Waals surface area contributed by atoms with Gasteiger partial charge in [0.15, 0.2) is 5.90 Å². The van der Waals surface area contributed by atoms with Crippen LogP contribution in [-0.2, 0) is 4.74 Å². The van der Waals surface area contributed by atoms with E-state index in [1.165, 1.54) is 32.1 Å². The van der Waals surface area contributed by atoms with Gasteiger partial charge in [0.2, 0.25) is 0 Å². The lowest BCUT2D eigenvalue weighted by Gasteiger charge is -2.30. The lowest BCUT2D eigenvalue weighted by atomic mass is 9.80. The number of hydrogen-bond donors (Lipinski definition) is 1. The van der Waals surface area contributed by atoms with Crippen molar-refractivity contribution in [1.29, 1.82) is 0 Å². The van der Waals surface area contributed by atoms with Crippen molar-refractivity contribution in [3.63, 3.8) is 0 Å². The zero-order valence-corrected chi connectivity index (χ0v) is 22.8. The monoisotopic (exact) mass is 477 g/mol. The molecule has 2 rings (SSSR count). The molecule has 1 N–H and O–H groups in total. The van der Waals surface area contributed by atoms with Crippen molar-refractivity contribution in [1.82, 2.24) is 0 Å². The van der Waals surface area contributed by atoms with Crippen LogP contribution in [0.3, 0.4) is 0 Å². The van der Waals surface area contributed by atoms with Crippen molar-refractivity contribution in [2.75, 3.05) is 6.61 Å². The molecule has 5 heteroatoms. The molecule has 0 aromatic heterocycles. The first-order valence-electron chi connectivity index (χ1n) is 12.4. The topological polar surface area (TPSA) is 41.8 Å². The number of ether oxygens (including phenoxy) is 1. The third kappa shape index (κ3) is 9.03. The van der Waals surface area contributed by atoms with Crippen LogP contribution in [0.2, 0.25) is 24.7 Å². The van der Waals surface area contributed by atoms with E-state index in [1.807, 2.05) is 12.1 Å². The maximum atomic E-state index is 11.4. The summed E-state index contributed by atoms with van der Waals surface area (Å²) in [5, 5.41) is 12.2. The molecular weight excluding hydrogens is 434 g/mol. The number of halogens is 1. The van der Waals surface area contributed by atoms with E-state index in [2.05, 4.69) is 64.3 Å². The van der Waals surface area contributed by atoms with Gasteiger partial charge in [0.05, 0.1) is 25.6 Å². The molecule has 1 aromatic carbocycles. The second-order valence-electron chi connectivity index (χ2n) is 11.0. The molecule has 0 spiro atoms. The summed E-state index contributed by atoms with van der Waals surface area (Å²) in [6.45, 7) is 14.0. The molecule has 3 nitrogen and oxygen atoms in total. The van der Waals surface area contributed by atoms with Crippen molar-refractivity contribution in [2.24, 2.45) is 10.9 Å². The molecule has 1 aromatic rings. The van der Waals surface area contributed by atoms with Crippen LogP contribution in [0, 0.1) is 5.92 Å². The van der Waals surface area contributed by atoms with Crippen LogP contribution >= 0.6 is 11.6 Å². The van der Waals surface area contributed by atoms with E-state index >= 15 is 0 Å². The van der Waals surface area contributed by atoms with Crippen molar-refractivity contribution in [3.8, 4) is 0 Å². The Morgan fingerprint density at radius 3 is 2.28 bits per heavy atom. The Balaban J connectivity index is 2.32. The molecule has 32 heavy (non-hydrogen) atoms. The van der Waals surface area contributed by atoms with Gasteiger partial charge in [-0.15, -0.1) is 0 Å². The SMILES string of the molecule is CCCCCCCC[C@H](O)[C@@H](C1=NC(C)(C)CO1)[C@@H](/C=C/[Si](C)(C)C)c1ccc(Cl)cc1. The summed E-state index contributed by atoms with van der Waals surface area (Å²) in [7, 11) is -1.43. The number of allylic oxidation sites excluding steroid dienone is 1. The van der Waals surface area contributed by atoms with E-state index in [0.29, 0.717) is 12.5 Å². The lowest BCUT2D eigenvalue weighted by molar-refractivity contribution is 0.106. The number of benzene rings is 1. The summed E-state index contributed by atoms with van der Waals surface area (Å²) in [4.78, 5) is 4.90. The van der Waals surface area contributed by atoms with Gasteiger partial charge in [-0.3, -0.25) is 0 Å². The zero-order chi connectivity index (χ0) is 23.8. The summed E-state index contributed by atoms with van der Waals surface area (Å²) >= 11 is 6.18. The minimum Gasteiger partial charge on any atom is -0.478 e. The van der Waals surface area contributed by atoms with Crippen LogP contribution in [0.15, 0.2) is 41.0 Å². The standard InChI is InChI=1S/C27H44ClNO2Si/c1-7-8-9-10-11-12-13-24(30)25(26-29-27(2,3)20-31-26)23(18-19-32(4,5)6)21-14-16-22(28)17-15-21/h14-19,23-25,30H,7-13,20H2,1-6H3/b19-18+/t23-,24-,25-/m0/s1. The minimum atomic E-state index is -1.43. The van der Waals surface area contributed by atoms with E-state index in [1.54, 1.807) is 0 Å². The van der Waals surface area contributed by atoms with Gasteiger partial charge < -0.3 is 9.84 Å². The zero-order valence-electron chi connectivity index (χ0n) is 21.0. The fourth-order valence-electron chi connectivity index (χ4n) is 4.17. The highest BCUT2D eigenvalue weighted by atomic mass is 35.5. The highest BCUT2D eigenvalue weighted by Gasteiger charge is 2.39. The van der Waals surface area contributed by atoms with E-state index < -0.39 is 14.2 Å². The molecule has 0 aliphatic carbocycles. The molecule has 0 fully saturated rings. The highest BCUT2D eigenvalue weighted by Crippen LogP contribution is 2.36. The predicted octanol–water partition coefficient (Wildman–Crippen LogP) is 7.79. The molecule has 1 heterocycles. The van der Waals surface area contributed by atoms with Gasteiger partial charge in [-0.1, -0.05) is 101 Å². The third-order valence-corrected chi connectivity index (χ3v) is 7.43. The lowest BCUT2D eigenvalue weighted by Crippen LogP contribution is -2.34. The summed E-state index contributed by atoms with van der Waals surface area (Å²) in [5.41, 5.74) is 3.27. The summed E-state index contributed by atoms with van der Waals surface area (Å²) in [6.07, 6.45) is 9.84. The van der Waals surface area contributed by atoms with Gasteiger partial charge in [-0.2, -0.15) is 0 Å². The van der Waals surface area contributed by atoms with Crippen LogP contribution in [0.25, 0.3) is 0 Å². The fraction of sp³-hybridized carbons (Fsp3) is 0.667. The van der Waals surface area contributed by atoms with Crippen molar-refractivity contribution >= 4 is 25.6 Å². The number of aliphatic hydroxyl groups is 1. The fourth-order valence-corrected chi connectivity index (χ4v) is 5.08. The quantitative estimate of drug-likeness (QED) is 0.232. The molecule has 0 unspecified atom stereocenters. The van der Waals surface area contributed by atoms with Gasteiger partial charge in [-0.25, -0.2) is 4.99 Å². The van der Waals surface area contributed by atoms with Gasteiger partial charge in [0.1, 0.15) is 6.61 Å². The first-order chi connectivity index (χ1) is 15.0. The average Bonchev–Trinajstić information content (AvgIpc) is 3.07. The normalized spacial score (nSPS) is 18.9. The predicted molar refractivity (Wildman–Crippen MR) is 142 cm³/mol. The molecule has 1 aliphatic heterocycles. The van der Waals surface area contributed by atoms with Gasteiger partial charge in [0.25, 0.3) is 0 Å². The van der Waals surface area contributed by atoms with Crippen molar-refractivity contribution < 1.29 is 9.84 Å². The highest BCUT2D eigenvalue weighted by molar-refractivity contribution is 6.80. The summed E-state index contributed by atoms with van der Waals surface area (Å²) < 4.78 is 6.11. The first-order valence-corrected chi connectivity index (χ1v) is 16.3. The number of nitrogens with zero attached hydrogens (tertiary/aromatic N) is 1. The number of aliphatic imine (C=N–C) groups is 1. The second kappa shape index (κ2) is 12.4. The van der Waals surface area contributed by atoms with E-state index in [9.17, 15) is 5.11 Å². The van der Waals surface area contributed by atoms with Gasteiger partial charge >= 0.3 is 0 Å². The minimum absolute atomic E-state index is 0.00160. The molecule has 180 valence electrons. The first kappa shape index (κ1) is 27.1. The number of unbranched alkanes of at least 4 members (excludes halogenated alkanes) is 5. The smallest absolute Gasteiger partial charge is 0.190 e. The molecule has 0 amide bonds. The summed E-state index contributed by atoms with van der Waals surface area (Å²) in [5.74, 6) is 0.511. The molecule has 0 saturated heterocycles. The number of aliphatic hydroxyl groups excluding tert-OH is 1. The van der Waals surface area contributed by atoms with Gasteiger partial charge in [-0.05, 0) is 38.0 Å². The third-order valence-electron chi connectivity index (χ3n) is 5.98. The van der Waals surface area contributed by atoms with Crippen LogP contribution in [0.5, 0.6) is 0 Å². The van der Waals surface area contributed by atoms with E-state index in [4.69, 9.17) is 21.3 Å². The van der Waals surface area contributed by atoms with Crippen molar-refractivity contribution in [2.45, 2.75) is 103 Å². The Labute approximate surface area is 202 Å². The van der Waals surface area contributed by atoms with Crippen LogP contribution in [0.1, 0.15) is 77.2 Å². The number of hydrogen-bond acceptors (Lipinski definition) is 3. The van der Waals surface area contributed by atoms with E-state index in [-0.39, 0.29) is 17.4 Å². The molecule has 0 bridgehead atoms. The maximum absolute atomic E-state index is 11.4. The second-order valence-corrected chi connectivity index (χ2v) is 16.5. The molecule has 0 saturated carbocycles. The number of rotatable bonds is 13. The van der Waals surface area contributed by atoms with E-state index in [0.717, 1.165) is 23.4 Å². The maximum Gasteiger partial charge on any atom is 0.190 e. The summed E-state index contributed by atoms with van der Waals surface area (Å²) in [6, 6.07) is 8.02. The Morgan fingerprint density at radius 2 is 1.72 bits per heavy atom. The Hall–Kier alpha value is -1.10. The molecule has 3 atom stereocenters. The van der Waals surface area contributed by atoms with Crippen molar-refractivity contribution in [3.05, 3.63) is 46.6 Å². The molecular formula is C27H44ClNO2Si. The average molecular weight is 478 g/mol.